The summed E-state index contributed by atoms with van der Waals surface area (Å²) in [5.41, 5.74) is 1.34. The third kappa shape index (κ3) is 6.13. The van der Waals surface area contributed by atoms with Crippen LogP contribution in [0.25, 0.3) is 10.9 Å². The van der Waals surface area contributed by atoms with Gasteiger partial charge < -0.3 is 20.2 Å². The van der Waals surface area contributed by atoms with Crippen molar-refractivity contribution >= 4 is 51.8 Å². The average molecular weight is 599 g/mol. The SMILES string of the molecule is CC.CC(Nc1nc(N2CC(C3CCCN(C4CC(C)(C(=O)O)C4)C3)C2)nc2ccccc12)c1ccc(Cl)cc1Cl. The Bertz CT molecular complexity index is 1390. The van der Waals surface area contributed by atoms with Gasteiger partial charge in [-0.3, -0.25) is 4.79 Å². The van der Waals surface area contributed by atoms with E-state index in [9.17, 15) is 9.90 Å². The summed E-state index contributed by atoms with van der Waals surface area (Å²) in [5, 5.41) is 15.3. The molecule has 1 saturated carbocycles. The minimum Gasteiger partial charge on any atom is -0.481 e. The van der Waals surface area contributed by atoms with Crippen molar-refractivity contribution in [1.29, 1.82) is 0 Å². The highest BCUT2D eigenvalue weighted by molar-refractivity contribution is 6.35. The number of carboxylic acids is 1. The zero-order chi connectivity index (χ0) is 29.3. The highest BCUT2D eigenvalue weighted by atomic mass is 35.5. The molecule has 2 aliphatic heterocycles. The second kappa shape index (κ2) is 12.3. The predicted octanol–water partition coefficient (Wildman–Crippen LogP) is 7.54. The molecule has 3 heterocycles. The smallest absolute Gasteiger partial charge is 0.309 e. The molecule has 2 atom stereocenters. The van der Waals surface area contributed by atoms with E-state index in [0.29, 0.717) is 27.9 Å². The lowest BCUT2D eigenvalue weighted by Gasteiger charge is -2.52. The number of halogens is 2. The number of aliphatic carboxylic acids is 1. The van der Waals surface area contributed by atoms with Crippen LogP contribution in [-0.2, 0) is 4.79 Å². The summed E-state index contributed by atoms with van der Waals surface area (Å²) < 4.78 is 0. The van der Waals surface area contributed by atoms with E-state index in [1.54, 1.807) is 6.07 Å². The first-order valence-electron chi connectivity index (χ1n) is 14.9. The van der Waals surface area contributed by atoms with Gasteiger partial charge in [-0.15, -0.1) is 0 Å². The number of nitrogens with zero attached hydrogens (tertiary/aromatic N) is 4. The molecule has 9 heteroatoms. The van der Waals surface area contributed by atoms with Crippen molar-refractivity contribution in [3.05, 3.63) is 58.1 Å². The van der Waals surface area contributed by atoms with Gasteiger partial charge in [-0.05, 0) is 87.7 Å². The molecule has 3 fully saturated rings. The minimum absolute atomic E-state index is 0.0622. The van der Waals surface area contributed by atoms with Gasteiger partial charge in [0.2, 0.25) is 5.95 Å². The van der Waals surface area contributed by atoms with Crippen LogP contribution in [0, 0.1) is 17.3 Å². The Morgan fingerprint density at radius 1 is 1.07 bits per heavy atom. The van der Waals surface area contributed by atoms with Gasteiger partial charge in [0.15, 0.2) is 0 Å². The molecule has 0 bridgehead atoms. The summed E-state index contributed by atoms with van der Waals surface area (Å²) in [5.74, 6) is 2.14. The molecule has 3 aliphatic rings. The molecule has 0 amide bonds. The first-order chi connectivity index (χ1) is 19.7. The maximum absolute atomic E-state index is 11.5. The number of piperidine rings is 1. The highest BCUT2D eigenvalue weighted by Crippen LogP contribution is 2.45. The number of carboxylic acid groups (broad SMARTS) is 1. The molecule has 6 rings (SSSR count). The number of aromatic nitrogens is 2. The van der Waals surface area contributed by atoms with Crippen LogP contribution in [0.5, 0.6) is 0 Å². The van der Waals surface area contributed by atoms with Crippen LogP contribution in [0.3, 0.4) is 0 Å². The maximum atomic E-state index is 11.5. The number of likely N-dealkylation sites (tertiary alicyclic amines) is 1. The summed E-state index contributed by atoms with van der Waals surface area (Å²) >= 11 is 12.6. The Balaban J connectivity index is 0.00000165. The van der Waals surface area contributed by atoms with Gasteiger partial charge in [0, 0.05) is 41.1 Å². The van der Waals surface area contributed by atoms with Gasteiger partial charge in [0.1, 0.15) is 5.82 Å². The lowest BCUT2D eigenvalue weighted by molar-refractivity contribution is -0.158. The van der Waals surface area contributed by atoms with Gasteiger partial charge in [-0.1, -0.05) is 55.2 Å². The van der Waals surface area contributed by atoms with Crippen molar-refractivity contribution in [3.63, 3.8) is 0 Å². The number of hydrogen-bond donors (Lipinski definition) is 2. The topological polar surface area (TPSA) is 81.6 Å². The van der Waals surface area contributed by atoms with Crippen LogP contribution in [0.15, 0.2) is 42.5 Å². The van der Waals surface area contributed by atoms with E-state index < -0.39 is 11.4 Å². The van der Waals surface area contributed by atoms with Crippen LogP contribution in [0.2, 0.25) is 10.0 Å². The van der Waals surface area contributed by atoms with Gasteiger partial charge in [0.25, 0.3) is 0 Å². The van der Waals surface area contributed by atoms with E-state index in [0.717, 1.165) is 67.3 Å². The third-order valence-corrected chi connectivity index (χ3v) is 9.69. The van der Waals surface area contributed by atoms with Gasteiger partial charge >= 0.3 is 5.97 Å². The van der Waals surface area contributed by atoms with E-state index in [4.69, 9.17) is 33.2 Å². The van der Waals surface area contributed by atoms with E-state index >= 15 is 0 Å². The molecule has 2 N–H and O–H groups in total. The fourth-order valence-corrected chi connectivity index (χ4v) is 7.17. The lowest BCUT2D eigenvalue weighted by atomic mass is 9.65. The van der Waals surface area contributed by atoms with Crippen molar-refractivity contribution in [2.45, 2.75) is 65.5 Å². The second-order valence-corrected chi connectivity index (χ2v) is 12.8. The van der Waals surface area contributed by atoms with E-state index in [2.05, 4.69) is 22.0 Å². The third-order valence-electron chi connectivity index (χ3n) is 9.13. The average Bonchev–Trinajstić information content (AvgIpc) is 2.91. The number of rotatable bonds is 7. The monoisotopic (exact) mass is 597 g/mol. The highest BCUT2D eigenvalue weighted by Gasteiger charge is 2.49. The van der Waals surface area contributed by atoms with Crippen LogP contribution >= 0.6 is 23.2 Å². The molecule has 41 heavy (non-hydrogen) atoms. The molecule has 1 aromatic heterocycles. The molecule has 7 nitrogen and oxygen atoms in total. The summed E-state index contributed by atoms with van der Waals surface area (Å²) in [6.45, 7) is 12.0. The Labute approximate surface area is 253 Å². The van der Waals surface area contributed by atoms with Gasteiger partial charge in [-0.2, -0.15) is 4.98 Å². The molecule has 2 unspecified atom stereocenters. The number of hydrogen-bond acceptors (Lipinski definition) is 6. The zero-order valence-corrected chi connectivity index (χ0v) is 25.9. The van der Waals surface area contributed by atoms with Crippen molar-refractivity contribution < 1.29 is 9.90 Å². The molecular weight excluding hydrogens is 557 g/mol. The standard InChI is InChI=1S/C30H35Cl2N5O2.C2H6/c1-18(23-10-9-21(31)12-25(23)32)33-27-24-7-3-4-8-26(24)34-29(35-27)37-16-20(17-37)19-6-5-11-36(15-19)22-13-30(2,14-22)28(38)39;1-2/h3-4,7-10,12,18-20,22H,5-6,11,13-17H2,1-2H3,(H,38,39)(H,33,34,35);1-2H3. The summed E-state index contributed by atoms with van der Waals surface area (Å²) in [4.78, 5) is 26.3. The number of carbonyl (C=O) groups is 1. The van der Waals surface area contributed by atoms with Crippen LogP contribution in [0.4, 0.5) is 11.8 Å². The van der Waals surface area contributed by atoms with Crippen molar-refractivity contribution in [2.75, 3.05) is 36.4 Å². The van der Waals surface area contributed by atoms with Gasteiger partial charge in [0.05, 0.1) is 17.0 Å². The normalized spacial score (nSPS) is 25.5. The number of para-hydroxylation sites is 1. The van der Waals surface area contributed by atoms with Gasteiger partial charge in [-0.25, -0.2) is 4.98 Å². The largest absolute Gasteiger partial charge is 0.481 e. The zero-order valence-electron chi connectivity index (χ0n) is 24.4. The predicted molar refractivity (Wildman–Crippen MR) is 168 cm³/mol. The molecule has 0 radical (unpaired) electrons. The fourth-order valence-electron chi connectivity index (χ4n) is 6.60. The van der Waals surface area contributed by atoms with Crippen LogP contribution in [-0.4, -0.2) is 58.2 Å². The minimum atomic E-state index is -0.656. The maximum Gasteiger partial charge on any atom is 0.309 e. The summed E-state index contributed by atoms with van der Waals surface area (Å²) in [6, 6.07) is 14.0. The van der Waals surface area contributed by atoms with Crippen LogP contribution in [0.1, 0.15) is 65.0 Å². The number of anilines is 2. The quantitative estimate of drug-likeness (QED) is 0.291. The molecule has 3 aromatic rings. The van der Waals surface area contributed by atoms with Crippen LogP contribution < -0.4 is 10.2 Å². The molecule has 2 aromatic carbocycles. The fraction of sp³-hybridized carbons (Fsp3) is 0.531. The second-order valence-electron chi connectivity index (χ2n) is 11.9. The molecule has 2 saturated heterocycles. The molecule has 220 valence electrons. The number of benzene rings is 2. The molecular formula is C32H41Cl2N5O2. The Kier molecular flexibility index (Phi) is 8.98. The lowest BCUT2D eigenvalue weighted by Crippen LogP contribution is -2.58. The van der Waals surface area contributed by atoms with E-state index in [1.165, 1.54) is 12.8 Å². The number of fused-ring (bicyclic) bond motifs is 1. The molecule has 0 spiro atoms. The van der Waals surface area contributed by atoms with Crippen molar-refractivity contribution in [1.82, 2.24) is 14.9 Å². The summed E-state index contributed by atoms with van der Waals surface area (Å²) in [6.07, 6.45) is 3.97. The first kappa shape index (κ1) is 29.9. The Hall–Kier alpha value is -2.61. The molecule has 1 aliphatic carbocycles. The Morgan fingerprint density at radius 2 is 1.80 bits per heavy atom. The first-order valence-corrected chi connectivity index (χ1v) is 15.7. The van der Waals surface area contributed by atoms with E-state index in [1.807, 2.05) is 57.2 Å². The van der Waals surface area contributed by atoms with Crippen molar-refractivity contribution in [3.8, 4) is 0 Å². The van der Waals surface area contributed by atoms with Crippen molar-refractivity contribution in [2.24, 2.45) is 17.3 Å². The summed E-state index contributed by atoms with van der Waals surface area (Å²) in [7, 11) is 0. The van der Waals surface area contributed by atoms with E-state index in [-0.39, 0.29) is 6.04 Å². The Morgan fingerprint density at radius 3 is 2.51 bits per heavy atom. The number of nitrogens with one attached hydrogen (secondary N) is 1.